The lowest BCUT2D eigenvalue weighted by Crippen LogP contribution is -2.30. The molecule has 0 amide bonds. The summed E-state index contributed by atoms with van der Waals surface area (Å²) in [6, 6.07) is 4.81. The van der Waals surface area contributed by atoms with Gasteiger partial charge in [0.15, 0.2) is 0 Å². The smallest absolute Gasteiger partial charge is 0.148 e. The van der Waals surface area contributed by atoms with Crippen LogP contribution < -0.4 is 11.1 Å². The molecule has 2 nitrogen and oxygen atoms in total. The van der Waals surface area contributed by atoms with Crippen LogP contribution in [0.3, 0.4) is 0 Å². The Hall–Kier alpha value is -0.900. The summed E-state index contributed by atoms with van der Waals surface area (Å²) in [5, 5.41) is 3.22. The third-order valence-electron chi connectivity index (χ3n) is 3.54. The van der Waals surface area contributed by atoms with E-state index in [1.807, 2.05) is 11.8 Å². The van der Waals surface area contributed by atoms with Gasteiger partial charge < -0.3 is 11.1 Å². The van der Waals surface area contributed by atoms with Gasteiger partial charge in [0.05, 0.1) is 5.69 Å². The van der Waals surface area contributed by atoms with E-state index in [0.29, 0.717) is 11.4 Å². The van der Waals surface area contributed by atoms with Crippen molar-refractivity contribution in [1.29, 1.82) is 0 Å². The van der Waals surface area contributed by atoms with Gasteiger partial charge in [-0.1, -0.05) is 12.8 Å². The first kappa shape index (κ1) is 12.6. The lowest BCUT2D eigenvalue weighted by atomic mass is 10.1. The molecule has 3 N–H and O–H groups in total. The van der Waals surface area contributed by atoms with Gasteiger partial charge in [-0.3, -0.25) is 0 Å². The Bertz CT molecular complexity index is 389. The lowest BCUT2D eigenvalue weighted by molar-refractivity contribution is 0.616. The summed E-state index contributed by atoms with van der Waals surface area (Å²) in [5.41, 5.74) is 6.55. The zero-order chi connectivity index (χ0) is 12.3. The second-order valence-electron chi connectivity index (χ2n) is 4.69. The molecule has 0 unspecified atom stereocenters. The fraction of sp³-hybridized carbons (Fsp3) is 0.538. The van der Waals surface area contributed by atoms with Crippen LogP contribution in [0.25, 0.3) is 0 Å². The number of hydrogen-bond acceptors (Lipinski definition) is 3. The molecule has 0 saturated heterocycles. The predicted octanol–water partition coefficient (Wildman–Crippen LogP) is 3.50. The molecule has 0 bridgehead atoms. The Balaban J connectivity index is 2.01. The van der Waals surface area contributed by atoms with Gasteiger partial charge in [-0.15, -0.1) is 0 Å². The molecule has 1 fully saturated rings. The van der Waals surface area contributed by atoms with Gasteiger partial charge in [-0.05, 0) is 37.3 Å². The van der Waals surface area contributed by atoms with Crippen molar-refractivity contribution in [2.75, 3.05) is 23.9 Å². The molecule has 94 valence electrons. The third-order valence-corrected chi connectivity index (χ3v) is 4.96. The van der Waals surface area contributed by atoms with Crippen LogP contribution in [0.2, 0.25) is 0 Å². The Morgan fingerprint density at radius 2 is 2.12 bits per heavy atom. The maximum Gasteiger partial charge on any atom is 0.148 e. The number of nitrogen functional groups attached to an aromatic ring is 1. The highest BCUT2D eigenvalue weighted by atomic mass is 32.2. The van der Waals surface area contributed by atoms with Crippen molar-refractivity contribution >= 4 is 23.1 Å². The molecule has 0 aromatic heterocycles. The molecule has 2 rings (SSSR count). The average Bonchev–Trinajstić information content (AvgIpc) is 2.77. The number of rotatable bonds is 4. The van der Waals surface area contributed by atoms with Crippen molar-refractivity contribution in [1.82, 2.24) is 0 Å². The van der Waals surface area contributed by atoms with Crippen molar-refractivity contribution < 1.29 is 4.39 Å². The number of hydrogen-bond donors (Lipinski definition) is 2. The van der Waals surface area contributed by atoms with E-state index < -0.39 is 0 Å². The highest BCUT2D eigenvalue weighted by Crippen LogP contribution is 2.40. The van der Waals surface area contributed by atoms with E-state index >= 15 is 0 Å². The van der Waals surface area contributed by atoms with E-state index in [4.69, 9.17) is 5.73 Å². The highest BCUT2D eigenvalue weighted by molar-refractivity contribution is 8.00. The van der Waals surface area contributed by atoms with Crippen LogP contribution in [0.1, 0.15) is 25.7 Å². The van der Waals surface area contributed by atoms with Gasteiger partial charge in [-0.2, -0.15) is 11.8 Å². The number of halogens is 1. The molecule has 0 heterocycles. The quantitative estimate of drug-likeness (QED) is 0.808. The van der Waals surface area contributed by atoms with Gasteiger partial charge in [0, 0.05) is 17.0 Å². The summed E-state index contributed by atoms with van der Waals surface area (Å²) >= 11 is 1.90. The van der Waals surface area contributed by atoms with E-state index in [0.717, 1.165) is 6.54 Å². The number of anilines is 2. The van der Waals surface area contributed by atoms with Crippen molar-refractivity contribution in [3.05, 3.63) is 24.0 Å². The second-order valence-corrected chi connectivity index (χ2v) is 5.96. The minimum absolute atomic E-state index is 0.265. The summed E-state index contributed by atoms with van der Waals surface area (Å²) in [4.78, 5) is 0. The topological polar surface area (TPSA) is 38.0 Å². The molecule has 17 heavy (non-hydrogen) atoms. The molecule has 1 aromatic rings. The molecule has 0 spiro atoms. The fourth-order valence-corrected chi connectivity index (χ4v) is 3.32. The van der Waals surface area contributed by atoms with E-state index in [-0.39, 0.29) is 10.6 Å². The monoisotopic (exact) mass is 254 g/mol. The van der Waals surface area contributed by atoms with Gasteiger partial charge in [0.1, 0.15) is 5.82 Å². The summed E-state index contributed by atoms with van der Waals surface area (Å²) in [5.74, 6) is -0.265. The van der Waals surface area contributed by atoms with Crippen LogP contribution in [-0.2, 0) is 0 Å². The van der Waals surface area contributed by atoms with E-state index in [2.05, 4.69) is 11.6 Å². The van der Waals surface area contributed by atoms with E-state index in [1.165, 1.54) is 31.7 Å². The Morgan fingerprint density at radius 1 is 1.41 bits per heavy atom. The summed E-state index contributed by atoms with van der Waals surface area (Å²) in [6.45, 7) is 0.828. The van der Waals surface area contributed by atoms with E-state index in [1.54, 1.807) is 12.1 Å². The maximum absolute atomic E-state index is 13.6. The molecular weight excluding hydrogens is 235 g/mol. The molecule has 0 aliphatic heterocycles. The minimum atomic E-state index is -0.265. The number of benzene rings is 1. The normalized spacial score (nSPS) is 18.2. The third kappa shape index (κ3) is 2.86. The number of nitrogens with two attached hydrogens (primary N) is 1. The fourth-order valence-electron chi connectivity index (χ4n) is 2.40. The predicted molar refractivity (Wildman–Crippen MR) is 74.0 cm³/mol. The standard InChI is InChI=1S/C13H19FN2S/c1-17-13(6-2-3-7-13)9-16-12-5-4-10(15)8-11(12)14/h4-5,8,16H,2-3,6-7,9,15H2,1H3. The van der Waals surface area contributed by atoms with Crippen molar-refractivity contribution in [2.24, 2.45) is 0 Å². The summed E-state index contributed by atoms with van der Waals surface area (Å²) in [7, 11) is 0. The van der Waals surface area contributed by atoms with Crippen LogP contribution in [0.4, 0.5) is 15.8 Å². The van der Waals surface area contributed by atoms with Crippen LogP contribution in [0.5, 0.6) is 0 Å². The molecule has 1 aliphatic carbocycles. The van der Waals surface area contributed by atoms with Gasteiger partial charge in [0.2, 0.25) is 0 Å². The first-order valence-corrected chi connectivity index (χ1v) is 7.22. The largest absolute Gasteiger partial charge is 0.399 e. The summed E-state index contributed by atoms with van der Waals surface area (Å²) in [6.07, 6.45) is 7.15. The number of nitrogens with one attached hydrogen (secondary N) is 1. The molecule has 1 aliphatic rings. The SMILES string of the molecule is CSC1(CNc2ccc(N)cc2F)CCCC1. The van der Waals surface area contributed by atoms with E-state index in [9.17, 15) is 4.39 Å². The van der Waals surface area contributed by atoms with Gasteiger partial charge in [-0.25, -0.2) is 4.39 Å². The first-order chi connectivity index (χ1) is 8.15. The Kier molecular flexibility index (Phi) is 3.82. The van der Waals surface area contributed by atoms with Crippen LogP contribution in [0.15, 0.2) is 18.2 Å². The maximum atomic E-state index is 13.6. The molecule has 1 saturated carbocycles. The summed E-state index contributed by atoms with van der Waals surface area (Å²) < 4.78 is 13.9. The van der Waals surface area contributed by atoms with Crippen molar-refractivity contribution in [3.8, 4) is 0 Å². The Morgan fingerprint density at radius 3 is 2.71 bits per heavy atom. The van der Waals surface area contributed by atoms with Crippen molar-refractivity contribution in [3.63, 3.8) is 0 Å². The van der Waals surface area contributed by atoms with Gasteiger partial charge in [0.25, 0.3) is 0 Å². The van der Waals surface area contributed by atoms with Crippen LogP contribution >= 0.6 is 11.8 Å². The molecule has 1 aromatic carbocycles. The lowest BCUT2D eigenvalue weighted by Gasteiger charge is -2.27. The second kappa shape index (κ2) is 5.17. The minimum Gasteiger partial charge on any atom is -0.399 e. The zero-order valence-electron chi connectivity index (χ0n) is 10.1. The average molecular weight is 254 g/mol. The first-order valence-electron chi connectivity index (χ1n) is 5.99. The zero-order valence-corrected chi connectivity index (χ0v) is 10.9. The molecule has 0 radical (unpaired) electrons. The molecule has 0 atom stereocenters. The van der Waals surface area contributed by atoms with Gasteiger partial charge >= 0.3 is 0 Å². The number of thioether (sulfide) groups is 1. The Labute approximate surface area is 106 Å². The van der Waals surface area contributed by atoms with Crippen molar-refractivity contribution in [2.45, 2.75) is 30.4 Å². The molecular formula is C13H19FN2S. The van der Waals surface area contributed by atoms with Crippen LogP contribution in [-0.4, -0.2) is 17.5 Å². The highest BCUT2D eigenvalue weighted by Gasteiger charge is 2.32. The van der Waals surface area contributed by atoms with Crippen LogP contribution in [0, 0.1) is 5.82 Å². The molecule has 4 heteroatoms.